The predicted octanol–water partition coefficient (Wildman–Crippen LogP) is 4.26. The summed E-state index contributed by atoms with van der Waals surface area (Å²) in [7, 11) is 1.36. The van der Waals surface area contributed by atoms with Crippen molar-refractivity contribution in [3.05, 3.63) is 59.9 Å². The van der Waals surface area contributed by atoms with Crippen LogP contribution >= 0.6 is 0 Å². The van der Waals surface area contributed by atoms with E-state index in [9.17, 15) is 18.0 Å². The highest BCUT2D eigenvalue weighted by Crippen LogP contribution is 2.32. The maximum Gasteiger partial charge on any atom is 0.338 e. The third-order valence-electron chi connectivity index (χ3n) is 3.06. The number of hydrogen-bond acceptors (Lipinski definition) is 3. The van der Waals surface area contributed by atoms with Crippen molar-refractivity contribution in [2.45, 2.75) is 6.92 Å². The first kappa shape index (κ1) is 16.6. The number of methoxy groups -OCH3 is 1. The van der Waals surface area contributed by atoms with Gasteiger partial charge in [0.15, 0.2) is 11.6 Å². The molecule has 0 radical (unpaired) electrons. The van der Waals surface area contributed by atoms with Crippen molar-refractivity contribution < 1.29 is 27.4 Å². The zero-order valence-corrected chi connectivity index (χ0v) is 12.5. The molecule has 120 valence electrons. The van der Waals surface area contributed by atoms with Crippen LogP contribution in [0, 0.1) is 17.5 Å². The molecule has 23 heavy (non-hydrogen) atoms. The van der Waals surface area contributed by atoms with Gasteiger partial charge in [0.1, 0.15) is 11.6 Å². The molecule has 0 spiro atoms. The molecule has 2 aromatic rings. The Morgan fingerprint density at radius 3 is 2.26 bits per heavy atom. The standard InChI is InChI=1S/C17H13F3O3/c1-9(2)17(21)23-14-7-6-12(15(19)16(14)20)11-5-4-10(22-3)8-13(11)18/h4-8H,1H2,2-3H3. The summed E-state index contributed by atoms with van der Waals surface area (Å²) in [5.74, 6) is -4.69. The van der Waals surface area contributed by atoms with Crippen molar-refractivity contribution in [2.75, 3.05) is 7.11 Å². The minimum absolute atomic E-state index is 0.0371. The molecule has 2 rings (SSSR count). The Kier molecular flexibility index (Phi) is 4.74. The van der Waals surface area contributed by atoms with Crippen molar-refractivity contribution in [1.82, 2.24) is 0 Å². The molecule has 0 aliphatic heterocycles. The van der Waals surface area contributed by atoms with E-state index < -0.39 is 29.2 Å². The van der Waals surface area contributed by atoms with Gasteiger partial charge in [0.25, 0.3) is 0 Å². The number of esters is 1. The Morgan fingerprint density at radius 2 is 1.70 bits per heavy atom. The van der Waals surface area contributed by atoms with Crippen LogP contribution in [0.2, 0.25) is 0 Å². The second-order valence-electron chi connectivity index (χ2n) is 4.75. The predicted molar refractivity (Wildman–Crippen MR) is 78.8 cm³/mol. The van der Waals surface area contributed by atoms with Gasteiger partial charge in [0, 0.05) is 22.8 Å². The van der Waals surface area contributed by atoms with Crippen molar-refractivity contribution in [3.63, 3.8) is 0 Å². The average Bonchev–Trinajstić information content (AvgIpc) is 2.52. The average molecular weight is 322 g/mol. The molecule has 0 N–H and O–H groups in total. The van der Waals surface area contributed by atoms with Gasteiger partial charge in [-0.15, -0.1) is 0 Å². The first-order chi connectivity index (χ1) is 10.8. The Bertz CT molecular complexity index is 785. The van der Waals surface area contributed by atoms with Crippen LogP contribution in [-0.2, 0) is 4.79 Å². The molecule has 0 saturated heterocycles. The van der Waals surface area contributed by atoms with Crippen LogP contribution in [0.15, 0.2) is 42.5 Å². The third-order valence-corrected chi connectivity index (χ3v) is 3.06. The fraction of sp³-hybridized carbons (Fsp3) is 0.118. The van der Waals surface area contributed by atoms with E-state index in [2.05, 4.69) is 11.3 Å². The lowest BCUT2D eigenvalue weighted by Gasteiger charge is -2.10. The quantitative estimate of drug-likeness (QED) is 0.479. The van der Waals surface area contributed by atoms with E-state index in [1.54, 1.807) is 0 Å². The van der Waals surface area contributed by atoms with Gasteiger partial charge >= 0.3 is 5.97 Å². The molecule has 0 unspecified atom stereocenters. The third kappa shape index (κ3) is 3.36. The molecule has 6 heteroatoms. The number of benzene rings is 2. The van der Waals surface area contributed by atoms with Gasteiger partial charge in [-0.3, -0.25) is 0 Å². The van der Waals surface area contributed by atoms with Crippen LogP contribution in [0.5, 0.6) is 11.5 Å². The summed E-state index contributed by atoms with van der Waals surface area (Å²) < 4.78 is 51.7. The Hall–Kier alpha value is -2.76. The van der Waals surface area contributed by atoms with E-state index in [-0.39, 0.29) is 22.4 Å². The van der Waals surface area contributed by atoms with Gasteiger partial charge in [-0.25, -0.2) is 13.6 Å². The van der Waals surface area contributed by atoms with Gasteiger partial charge in [0.05, 0.1) is 7.11 Å². The van der Waals surface area contributed by atoms with Crippen molar-refractivity contribution in [2.24, 2.45) is 0 Å². The first-order valence-corrected chi connectivity index (χ1v) is 6.54. The monoisotopic (exact) mass is 322 g/mol. The SMILES string of the molecule is C=C(C)C(=O)Oc1ccc(-c2ccc(OC)cc2F)c(F)c1F. The van der Waals surface area contributed by atoms with Crippen molar-refractivity contribution >= 4 is 5.97 Å². The molecule has 0 amide bonds. The zero-order chi connectivity index (χ0) is 17.1. The number of ether oxygens (including phenoxy) is 2. The number of hydrogen-bond donors (Lipinski definition) is 0. The lowest BCUT2D eigenvalue weighted by Crippen LogP contribution is -2.10. The topological polar surface area (TPSA) is 35.5 Å². The fourth-order valence-electron chi connectivity index (χ4n) is 1.85. The van der Waals surface area contributed by atoms with Gasteiger partial charge in [-0.1, -0.05) is 6.58 Å². The van der Waals surface area contributed by atoms with Crippen LogP contribution < -0.4 is 9.47 Å². The minimum atomic E-state index is -1.38. The van der Waals surface area contributed by atoms with E-state index in [0.717, 1.165) is 18.2 Å². The number of carbonyl (C=O) groups excluding carboxylic acids is 1. The minimum Gasteiger partial charge on any atom is -0.497 e. The summed E-state index contributed by atoms with van der Waals surface area (Å²) >= 11 is 0. The van der Waals surface area contributed by atoms with Crippen LogP contribution in [0.3, 0.4) is 0 Å². The molecule has 0 aromatic heterocycles. The summed E-state index contributed by atoms with van der Waals surface area (Å²) in [6.45, 7) is 4.72. The maximum atomic E-state index is 14.2. The summed E-state index contributed by atoms with van der Waals surface area (Å²) in [4.78, 5) is 11.4. The molecule has 0 bridgehead atoms. The Morgan fingerprint density at radius 1 is 1.04 bits per heavy atom. The van der Waals surface area contributed by atoms with Crippen molar-refractivity contribution in [1.29, 1.82) is 0 Å². The van der Waals surface area contributed by atoms with E-state index in [1.807, 2.05) is 0 Å². The van der Waals surface area contributed by atoms with Gasteiger partial charge in [-0.05, 0) is 31.2 Å². The molecular formula is C17H13F3O3. The van der Waals surface area contributed by atoms with Gasteiger partial charge in [-0.2, -0.15) is 4.39 Å². The molecule has 3 nitrogen and oxygen atoms in total. The molecule has 0 aliphatic rings. The summed E-state index contributed by atoms with van der Waals surface area (Å²) in [5.41, 5.74) is -0.396. The number of halogens is 3. The first-order valence-electron chi connectivity index (χ1n) is 6.54. The van der Waals surface area contributed by atoms with E-state index in [4.69, 9.17) is 4.74 Å². The number of rotatable bonds is 4. The lowest BCUT2D eigenvalue weighted by atomic mass is 10.0. The molecular weight excluding hydrogens is 309 g/mol. The molecule has 2 aromatic carbocycles. The Labute approximate surface area is 131 Å². The molecule has 0 heterocycles. The van der Waals surface area contributed by atoms with Crippen molar-refractivity contribution in [3.8, 4) is 22.6 Å². The van der Waals surface area contributed by atoms with E-state index >= 15 is 0 Å². The molecule has 0 saturated carbocycles. The van der Waals surface area contributed by atoms with E-state index in [1.165, 1.54) is 26.2 Å². The fourth-order valence-corrected chi connectivity index (χ4v) is 1.85. The van der Waals surface area contributed by atoms with Crippen LogP contribution in [-0.4, -0.2) is 13.1 Å². The van der Waals surface area contributed by atoms with Gasteiger partial charge in [0.2, 0.25) is 5.82 Å². The Balaban J connectivity index is 2.45. The normalized spacial score (nSPS) is 10.3. The smallest absolute Gasteiger partial charge is 0.338 e. The zero-order valence-electron chi connectivity index (χ0n) is 12.5. The highest BCUT2D eigenvalue weighted by molar-refractivity contribution is 5.88. The van der Waals surface area contributed by atoms with E-state index in [0.29, 0.717) is 0 Å². The lowest BCUT2D eigenvalue weighted by molar-refractivity contribution is -0.130. The maximum absolute atomic E-state index is 14.2. The van der Waals surface area contributed by atoms with Crippen LogP contribution in [0.25, 0.3) is 11.1 Å². The van der Waals surface area contributed by atoms with Crippen LogP contribution in [0.1, 0.15) is 6.92 Å². The number of carbonyl (C=O) groups is 1. The second-order valence-corrected chi connectivity index (χ2v) is 4.75. The largest absolute Gasteiger partial charge is 0.497 e. The summed E-state index contributed by atoms with van der Waals surface area (Å²) in [6.07, 6.45) is 0. The summed E-state index contributed by atoms with van der Waals surface area (Å²) in [6, 6.07) is 5.93. The molecule has 0 aliphatic carbocycles. The molecule has 0 fully saturated rings. The second kappa shape index (κ2) is 6.56. The highest BCUT2D eigenvalue weighted by Gasteiger charge is 2.20. The summed E-state index contributed by atoms with van der Waals surface area (Å²) in [5, 5.41) is 0. The molecule has 0 atom stereocenters. The van der Waals surface area contributed by atoms with Crippen LogP contribution in [0.4, 0.5) is 13.2 Å². The highest BCUT2D eigenvalue weighted by atomic mass is 19.2. The van der Waals surface area contributed by atoms with Gasteiger partial charge < -0.3 is 9.47 Å².